The lowest BCUT2D eigenvalue weighted by Crippen LogP contribution is -2.15. The van der Waals surface area contributed by atoms with Gasteiger partial charge in [0.1, 0.15) is 5.01 Å². The SMILES string of the molecule is CN(C)c1ccc(-c2nc(C(C)(C)C)c(CN)s2)cc1. The van der Waals surface area contributed by atoms with Gasteiger partial charge in [0.05, 0.1) is 5.69 Å². The van der Waals surface area contributed by atoms with Gasteiger partial charge in [-0.1, -0.05) is 20.8 Å². The molecule has 0 aliphatic rings. The molecule has 0 aliphatic carbocycles. The molecule has 3 nitrogen and oxygen atoms in total. The van der Waals surface area contributed by atoms with E-state index in [1.54, 1.807) is 11.3 Å². The van der Waals surface area contributed by atoms with Crippen molar-refractivity contribution in [1.82, 2.24) is 4.98 Å². The van der Waals surface area contributed by atoms with Crippen LogP contribution in [0.4, 0.5) is 5.69 Å². The molecular weight excluding hydrogens is 266 g/mol. The average molecular weight is 289 g/mol. The molecule has 20 heavy (non-hydrogen) atoms. The summed E-state index contributed by atoms with van der Waals surface area (Å²) in [5.74, 6) is 0. The van der Waals surface area contributed by atoms with Crippen molar-refractivity contribution in [3.63, 3.8) is 0 Å². The lowest BCUT2D eigenvalue weighted by molar-refractivity contribution is 0.567. The van der Waals surface area contributed by atoms with Gasteiger partial charge in [-0.05, 0) is 24.3 Å². The fraction of sp³-hybridized carbons (Fsp3) is 0.438. The van der Waals surface area contributed by atoms with E-state index in [0.717, 1.165) is 16.3 Å². The van der Waals surface area contributed by atoms with Crippen LogP contribution in [0.3, 0.4) is 0 Å². The fourth-order valence-corrected chi connectivity index (χ4v) is 3.26. The van der Waals surface area contributed by atoms with Crippen LogP contribution in [0.2, 0.25) is 0 Å². The molecule has 2 N–H and O–H groups in total. The summed E-state index contributed by atoms with van der Waals surface area (Å²) in [7, 11) is 4.09. The first-order valence-corrected chi connectivity index (χ1v) is 7.62. The first-order valence-electron chi connectivity index (χ1n) is 6.81. The molecule has 1 aromatic heterocycles. The largest absolute Gasteiger partial charge is 0.378 e. The van der Waals surface area contributed by atoms with Gasteiger partial charge in [0.2, 0.25) is 0 Å². The lowest BCUT2D eigenvalue weighted by Gasteiger charge is -2.16. The molecule has 2 rings (SSSR count). The molecule has 0 radical (unpaired) electrons. The van der Waals surface area contributed by atoms with Crippen molar-refractivity contribution >= 4 is 17.0 Å². The number of benzene rings is 1. The molecule has 0 unspecified atom stereocenters. The third-order valence-electron chi connectivity index (χ3n) is 3.22. The zero-order valence-electron chi connectivity index (χ0n) is 12.9. The Kier molecular flexibility index (Phi) is 4.16. The maximum absolute atomic E-state index is 5.87. The third-order valence-corrected chi connectivity index (χ3v) is 4.35. The molecule has 108 valence electrons. The number of nitrogens with zero attached hydrogens (tertiary/aromatic N) is 2. The highest BCUT2D eigenvalue weighted by Crippen LogP contribution is 2.34. The Morgan fingerprint density at radius 3 is 2.15 bits per heavy atom. The molecule has 0 amide bonds. The van der Waals surface area contributed by atoms with Crippen molar-refractivity contribution in [3.05, 3.63) is 34.8 Å². The summed E-state index contributed by atoms with van der Waals surface area (Å²) in [5, 5.41) is 1.06. The van der Waals surface area contributed by atoms with Crippen LogP contribution < -0.4 is 10.6 Å². The number of nitrogens with two attached hydrogens (primary N) is 1. The van der Waals surface area contributed by atoms with Gasteiger partial charge < -0.3 is 10.6 Å². The van der Waals surface area contributed by atoms with E-state index in [2.05, 4.69) is 49.9 Å². The topological polar surface area (TPSA) is 42.2 Å². The Morgan fingerprint density at radius 2 is 1.75 bits per heavy atom. The minimum absolute atomic E-state index is 0.0348. The van der Waals surface area contributed by atoms with E-state index in [9.17, 15) is 0 Å². The van der Waals surface area contributed by atoms with Gasteiger partial charge in [0.15, 0.2) is 0 Å². The van der Waals surface area contributed by atoms with Crippen LogP contribution in [-0.4, -0.2) is 19.1 Å². The standard InChI is InChI=1S/C16H23N3S/c1-16(2,3)14-13(10-17)20-15(18-14)11-6-8-12(9-7-11)19(4)5/h6-9H,10,17H2,1-5H3. The van der Waals surface area contributed by atoms with Crippen LogP contribution >= 0.6 is 11.3 Å². The summed E-state index contributed by atoms with van der Waals surface area (Å²) in [4.78, 5) is 8.10. The Morgan fingerprint density at radius 1 is 1.15 bits per heavy atom. The van der Waals surface area contributed by atoms with Crippen molar-refractivity contribution in [2.75, 3.05) is 19.0 Å². The van der Waals surface area contributed by atoms with Crippen LogP contribution in [0.5, 0.6) is 0 Å². The number of thiazole rings is 1. The summed E-state index contributed by atoms with van der Waals surface area (Å²) in [6, 6.07) is 8.49. The predicted octanol–water partition coefficient (Wildman–Crippen LogP) is 3.63. The Balaban J connectivity index is 2.40. The fourth-order valence-electron chi connectivity index (χ4n) is 2.10. The number of anilines is 1. The summed E-state index contributed by atoms with van der Waals surface area (Å²) < 4.78 is 0. The predicted molar refractivity (Wildman–Crippen MR) is 88.5 cm³/mol. The maximum atomic E-state index is 5.87. The van der Waals surface area contributed by atoms with E-state index in [1.807, 2.05) is 14.1 Å². The third kappa shape index (κ3) is 3.02. The van der Waals surface area contributed by atoms with E-state index >= 15 is 0 Å². The quantitative estimate of drug-likeness (QED) is 0.938. The van der Waals surface area contributed by atoms with Gasteiger partial charge in [0.25, 0.3) is 0 Å². The second-order valence-corrected chi connectivity index (χ2v) is 7.27. The number of aromatic nitrogens is 1. The summed E-state index contributed by atoms with van der Waals surface area (Å²) in [5.41, 5.74) is 9.38. The molecule has 2 aromatic rings. The molecule has 0 saturated heterocycles. The first kappa shape index (κ1) is 15.0. The zero-order valence-corrected chi connectivity index (χ0v) is 13.7. The highest BCUT2D eigenvalue weighted by atomic mass is 32.1. The van der Waals surface area contributed by atoms with Gasteiger partial charge >= 0.3 is 0 Å². The normalized spacial score (nSPS) is 11.7. The van der Waals surface area contributed by atoms with Crippen molar-refractivity contribution in [2.45, 2.75) is 32.7 Å². The molecule has 1 aromatic carbocycles. The molecule has 1 heterocycles. The van der Waals surface area contributed by atoms with Gasteiger partial charge in [-0.3, -0.25) is 0 Å². The Bertz CT molecular complexity index is 577. The molecule has 0 saturated carbocycles. The second-order valence-electron chi connectivity index (χ2n) is 6.19. The van der Waals surface area contributed by atoms with Crippen LogP contribution in [0.15, 0.2) is 24.3 Å². The monoisotopic (exact) mass is 289 g/mol. The number of hydrogen-bond acceptors (Lipinski definition) is 4. The summed E-state index contributed by atoms with van der Waals surface area (Å²) in [6.45, 7) is 7.10. The van der Waals surface area contributed by atoms with Crippen LogP contribution in [0.25, 0.3) is 10.6 Å². The zero-order chi connectivity index (χ0) is 14.9. The molecular formula is C16H23N3S. The van der Waals surface area contributed by atoms with Gasteiger partial charge in [-0.15, -0.1) is 11.3 Å². The Hall–Kier alpha value is -1.39. The molecule has 0 spiro atoms. The van der Waals surface area contributed by atoms with E-state index < -0.39 is 0 Å². The van der Waals surface area contributed by atoms with E-state index in [-0.39, 0.29) is 5.41 Å². The minimum Gasteiger partial charge on any atom is -0.378 e. The van der Waals surface area contributed by atoms with Gasteiger partial charge in [-0.25, -0.2) is 4.98 Å². The average Bonchev–Trinajstić information content (AvgIpc) is 2.83. The van der Waals surface area contributed by atoms with Crippen molar-refractivity contribution < 1.29 is 0 Å². The van der Waals surface area contributed by atoms with Crippen LogP contribution in [0.1, 0.15) is 31.3 Å². The summed E-state index contributed by atoms with van der Waals surface area (Å²) in [6.07, 6.45) is 0. The molecule has 0 fully saturated rings. The first-order chi connectivity index (χ1) is 9.32. The second kappa shape index (κ2) is 5.54. The summed E-state index contributed by atoms with van der Waals surface area (Å²) >= 11 is 1.70. The van der Waals surface area contributed by atoms with Crippen molar-refractivity contribution in [2.24, 2.45) is 5.73 Å². The number of rotatable bonds is 3. The molecule has 0 atom stereocenters. The number of hydrogen-bond donors (Lipinski definition) is 1. The van der Waals surface area contributed by atoms with Gasteiger partial charge in [-0.2, -0.15) is 0 Å². The molecule has 0 aliphatic heterocycles. The maximum Gasteiger partial charge on any atom is 0.123 e. The highest BCUT2D eigenvalue weighted by molar-refractivity contribution is 7.15. The minimum atomic E-state index is 0.0348. The van der Waals surface area contributed by atoms with Crippen molar-refractivity contribution in [1.29, 1.82) is 0 Å². The Labute approximate surface area is 125 Å². The van der Waals surface area contributed by atoms with Gasteiger partial charge in [0, 0.05) is 42.2 Å². The van der Waals surface area contributed by atoms with E-state index in [1.165, 1.54) is 10.6 Å². The van der Waals surface area contributed by atoms with E-state index in [0.29, 0.717) is 6.54 Å². The van der Waals surface area contributed by atoms with Crippen molar-refractivity contribution in [3.8, 4) is 10.6 Å². The smallest absolute Gasteiger partial charge is 0.123 e. The lowest BCUT2D eigenvalue weighted by atomic mass is 9.91. The molecule has 0 bridgehead atoms. The van der Waals surface area contributed by atoms with Crippen LogP contribution in [0, 0.1) is 0 Å². The van der Waals surface area contributed by atoms with Crippen LogP contribution in [-0.2, 0) is 12.0 Å². The van der Waals surface area contributed by atoms with E-state index in [4.69, 9.17) is 10.7 Å². The highest BCUT2D eigenvalue weighted by Gasteiger charge is 2.22. The molecule has 4 heteroatoms.